The molecule has 2 heterocycles. The first-order chi connectivity index (χ1) is 5.81. The van der Waals surface area contributed by atoms with Gasteiger partial charge in [-0.1, -0.05) is 0 Å². The van der Waals surface area contributed by atoms with Gasteiger partial charge in [-0.15, -0.1) is 0 Å². The SMILES string of the molecule is CC1=C(CN)Cn2ncnc2N1. The van der Waals surface area contributed by atoms with Crippen LogP contribution in [-0.2, 0) is 6.54 Å². The Hall–Kier alpha value is -1.36. The van der Waals surface area contributed by atoms with Gasteiger partial charge in [0.25, 0.3) is 0 Å². The summed E-state index contributed by atoms with van der Waals surface area (Å²) in [5.74, 6) is 0.796. The van der Waals surface area contributed by atoms with Gasteiger partial charge in [-0.2, -0.15) is 10.1 Å². The normalized spacial score (nSPS) is 15.8. The molecule has 0 amide bonds. The Labute approximate surface area is 70.3 Å². The Balaban J connectivity index is 2.34. The lowest BCUT2D eigenvalue weighted by Crippen LogP contribution is -2.22. The summed E-state index contributed by atoms with van der Waals surface area (Å²) >= 11 is 0. The summed E-state index contributed by atoms with van der Waals surface area (Å²) in [6.45, 7) is 3.32. The van der Waals surface area contributed by atoms with E-state index in [0.717, 1.165) is 18.2 Å². The van der Waals surface area contributed by atoms with Crippen LogP contribution in [0.2, 0.25) is 0 Å². The highest BCUT2D eigenvalue weighted by Gasteiger charge is 2.14. The minimum atomic E-state index is 0.568. The average Bonchev–Trinajstić information content (AvgIpc) is 2.49. The molecule has 0 aromatic carbocycles. The average molecular weight is 165 g/mol. The molecule has 5 heteroatoms. The monoisotopic (exact) mass is 165 g/mol. The maximum absolute atomic E-state index is 5.56. The molecule has 1 aromatic heterocycles. The van der Waals surface area contributed by atoms with E-state index in [0.29, 0.717) is 6.54 Å². The maximum atomic E-state index is 5.56. The molecule has 1 aliphatic heterocycles. The second-order valence-electron chi connectivity index (χ2n) is 2.80. The van der Waals surface area contributed by atoms with Crippen molar-refractivity contribution in [2.24, 2.45) is 5.73 Å². The largest absolute Gasteiger partial charge is 0.328 e. The van der Waals surface area contributed by atoms with Crippen molar-refractivity contribution in [2.75, 3.05) is 11.9 Å². The molecular formula is C7H11N5. The molecule has 0 saturated heterocycles. The number of rotatable bonds is 1. The third-order valence-corrected chi connectivity index (χ3v) is 2.03. The summed E-state index contributed by atoms with van der Waals surface area (Å²) in [4.78, 5) is 4.04. The number of nitrogens with two attached hydrogens (primary N) is 1. The van der Waals surface area contributed by atoms with E-state index in [1.165, 1.54) is 11.9 Å². The third kappa shape index (κ3) is 0.984. The lowest BCUT2D eigenvalue weighted by molar-refractivity contribution is 0.653. The number of nitrogens with one attached hydrogen (secondary N) is 1. The van der Waals surface area contributed by atoms with Crippen molar-refractivity contribution in [1.82, 2.24) is 14.8 Å². The first-order valence-corrected chi connectivity index (χ1v) is 3.85. The minimum Gasteiger partial charge on any atom is -0.328 e. The van der Waals surface area contributed by atoms with Crippen LogP contribution in [0.15, 0.2) is 17.6 Å². The fourth-order valence-corrected chi connectivity index (χ4v) is 1.25. The van der Waals surface area contributed by atoms with E-state index in [4.69, 9.17) is 5.73 Å². The number of hydrogen-bond donors (Lipinski definition) is 2. The first-order valence-electron chi connectivity index (χ1n) is 3.85. The molecule has 3 N–H and O–H groups in total. The van der Waals surface area contributed by atoms with Crippen molar-refractivity contribution in [3.05, 3.63) is 17.6 Å². The van der Waals surface area contributed by atoms with Crippen molar-refractivity contribution in [2.45, 2.75) is 13.5 Å². The van der Waals surface area contributed by atoms with E-state index in [1.807, 2.05) is 6.92 Å². The summed E-state index contributed by atoms with van der Waals surface area (Å²) in [6, 6.07) is 0. The quantitative estimate of drug-likeness (QED) is 0.611. The van der Waals surface area contributed by atoms with E-state index in [-0.39, 0.29) is 0 Å². The van der Waals surface area contributed by atoms with Crippen LogP contribution in [0.4, 0.5) is 5.95 Å². The van der Waals surface area contributed by atoms with Gasteiger partial charge >= 0.3 is 0 Å². The fraction of sp³-hybridized carbons (Fsp3) is 0.429. The standard InChI is InChI=1S/C7H11N5/c1-5-6(2-8)3-12-7(11-5)9-4-10-12/h4H,2-3,8H2,1H3,(H,9,10,11). The molecule has 0 unspecified atom stereocenters. The predicted molar refractivity (Wildman–Crippen MR) is 45.4 cm³/mol. The number of anilines is 1. The maximum Gasteiger partial charge on any atom is 0.225 e. The minimum absolute atomic E-state index is 0.568. The summed E-state index contributed by atoms with van der Waals surface area (Å²) in [7, 11) is 0. The predicted octanol–water partition coefficient (Wildman–Crippen LogP) is -0.0637. The number of hydrogen-bond acceptors (Lipinski definition) is 4. The van der Waals surface area contributed by atoms with Gasteiger partial charge in [0.1, 0.15) is 6.33 Å². The summed E-state index contributed by atoms with van der Waals surface area (Å²) in [5.41, 5.74) is 7.83. The second-order valence-corrected chi connectivity index (χ2v) is 2.80. The number of fused-ring (bicyclic) bond motifs is 1. The number of nitrogens with zero attached hydrogens (tertiary/aromatic N) is 3. The molecule has 0 spiro atoms. The molecule has 1 aromatic rings. The Morgan fingerprint density at radius 1 is 1.75 bits per heavy atom. The molecule has 0 fully saturated rings. The molecule has 0 radical (unpaired) electrons. The molecule has 0 saturated carbocycles. The molecule has 1 aliphatic rings. The van der Waals surface area contributed by atoms with Crippen LogP contribution < -0.4 is 11.1 Å². The number of aromatic nitrogens is 3. The summed E-state index contributed by atoms with van der Waals surface area (Å²) < 4.78 is 1.80. The Morgan fingerprint density at radius 3 is 3.33 bits per heavy atom. The van der Waals surface area contributed by atoms with Crippen LogP contribution in [0.1, 0.15) is 6.92 Å². The second kappa shape index (κ2) is 2.60. The zero-order valence-electron chi connectivity index (χ0n) is 6.91. The highest BCUT2D eigenvalue weighted by atomic mass is 15.4. The molecule has 0 atom stereocenters. The van der Waals surface area contributed by atoms with Gasteiger partial charge in [-0.25, -0.2) is 4.68 Å². The van der Waals surface area contributed by atoms with Crippen LogP contribution in [0, 0.1) is 0 Å². The first kappa shape index (κ1) is 7.30. The lowest BCUT2D eigenvalue weighted by atomic mass is 10.2. The van der Waals surface area contributed by atoms with Gasteiger partial charge in [0.15, 0.2) is 0 Å². The molecule has 64 valence electrons. The van der Waals surface area contributed by atoms with Crippen LogP contribution in [0.25, 0.3) is 0 Å². The lowest BCUT2D eigenvalue weighted by Gasteiger charge is -2.18. The van der Waals surface area contributed by atoms with E-state index >= 15 is 0 Å². The highest BCUT2D eigenvalue weighted by molar-refractivity contribution is 5.39. The molecule has 5 nitrogen and oxygen atoms in total. The zero-order chi connectivity index (χ0) is 8.55. The van der Waals surface area contributed by atoms with Gasteiger partial charge in [0.05, 0.1) is 6.54 Å². The van der Waals surface area contributed by atoms with E-state index < -0.39 is 0 Å². The molecule has 0 bridgehead atoms. The van der Waals surface area contributed by atoms with Crippen molar-refractivity contribution in [3.63, 3.8) is 0 Å². The molecular weight excluding hydrogens is 154 g/mol. The molecule has 2 rings (SSSR count). The van der Waals surface area contributed by atoms with Gasteiger partial charge in [-0.3, -0.25) is 0 Å². The zero-order valence-corrected chi connectivity index (χ0v) is 6.91. The number of allylic oxidation sites excluding steroid dienone is 1. The van der Waals surface area contributed by atoms with Gasteiger partial charge in [0, 0.05) is 12.2 Å². The van der Waals surface area contributed by atoms with Gasteiger partial charge in [-0.05, 0) is 12.5 Å². The highest BCUT2D eigenvalue weighted by Crippen LogP contribution is 2.16. The van der Waals surface area contributed by atoms with Crippen LogP contribution in [0.3, 0.4) is 0 Å². The van der Waals surface area contributed by atoms with E-state index in [2.05, 4.69) is 15.4 Å². The summed E-state index contributed by atoms with van der Waals surface area (Å²) in [6.07, 6.45) is 1.54. The van der Waals surface area contributed by atoms with Crippen LogP contribution in [-0.4, -0.2) is 21.3 Å². The molecule has 0 aliphatic carbocycles. The molecule has 12 heavy (non-hydrogen) atoms. The third-order valence-electron chi connectivity index (χ3n) is 2.03. The van der Waals surface area contributed by atoms with Gasteiger partial charge < -0.3 is 11.1 Å². The van der Waals surface area contributed by atoms with Crippen LogP contribution in [0.5, 0.6) is 0 Å². The Bertz CT molecular complexity index is 324. The Kier molecular flexibility index (Phi) is 1.58. The smallest absolute Gasteiger partial charge is 0.225 e. The van der Waals surface area contributed by atoms with Crippen molar-refractivity contribution in [1.29, 1.82) is 0 Å². The van der Waals surface area contributed by atoms with Gasteiger partial charge in [0.2, 0.25) is 5.95 Å². The van der Waals surface area contributed by atoms with E-state index in [9.17, 15) is 0 Å². The van der Waals surface area contributed by atoms with Crippen LogP contribution >= 0.6 is 0 Å². The Morgan fingerprint density at radius 2 is 2.58 bits per heavy atom. The van der Waals surface area contributed by atoms with Crippen molar-refractivity contribution < 1.29 is 0 Å². The van der Waals surface area contributed by atoms with E-state index in [1.54, 1.807) is 4.68 Å². The fourth-order valence-electron chi connectivity index (χ4n) is 1.25. The topological polar surface area (TPSA) is 68.8 Å². The van der Waals surface area contributed by atoms with Crippen molar-refractivity contribution >= 4 is 5.95 Å². The van der Waals surface area contributed by atoms with Crippen molar-refractivity contribution in [3.8, 4) is 0 Å². The summed E-state index contributed by atoms with van der Waals surface area (Å²) in [5, 5.41) is 7.17.